The van der Waals surface area contributed by atoms with Gasteiger partial charge in [-0.15, -0.1) is 0 Å². The Morgan fingerprint density at radius 2 is 1.76 bits per heavy atom. The maximum absolute atomic E-state index is 13.9. The normalized spacial score (nSPS) is 12.5. The molecule has 1 nitrogen and oxygen atoms in total. The molecule has 0 bridgehead atoms. The first kappa shape index (κ1) is 14.2. The van der Waals surface area contributed by atoms with E-state index in [0.29, 0.717) is 16.5 Å². The molecule has 0 heterocycles. The number of fused-ring (bicyclic) bond motifs is 1. The molecule has 0 aliphatic rings. The number of hydrogen-bond acceptors (Lipinski definition) is 1. The van der Waals surface area contributed by atoms with Gasteiger partial charge in [-0.3, -0.25) is 0 Å². The number of aliphatic hydroxyl groups is 1. The van der Waals surface area contributed by atoms with Gasteiger partial charge >= 0.3 is 0 Å². The Morgan fingerprint density at radius 1 is 1.00 bits per heavy atom. The van der Waals surface area contributed by atoms with Gasteiger partial charge in [-0.05, 0) is 28.5 Å². The molecular formula is C18H14BrFO. The van der Waals surface area contributed by atoms with Crippen LogP contribution >= 0.6 is 15.9 Å². The van der Waals surface area contributed by atoms with Crippen molar-refractivity contribution in [2.45, 2.75) is 12.5 Å². The van der Waals surface area contributed by atoms with E-state index in [1.54, 1.807) is 12.1 Å². The Kier molecular flexibility index (Phi) is 4.04. The molecule has 0 aliphatic carbocycles. The van der Waals surface area contributed by atoms with Crippen LogP contribution in [-0.4, -0.2) is 5.11 Å². The van der Waals surface area contributed by atoms with Crippen LogP contribution in [0.4, 0.5) is 4.39 Å². The zero-order chi connectivity index (χ0) is 14.8. The van der Waals surface area contributed by atoms with Crippen molar-refractivity contribution < 1.29 is 9.50 Å². The Hall–Kier alpha value is -1.71. The van der Waals surface area contributed by atoms with Gasteiger partial charge in [0, 0.05) is 16.5 Å². The molecule has 3 aromatic carbocycles. The average Bonchev–Trinajstić information content (AvgIpc) is 2.47. The smallest absolute Gasteiger partial charge is 0.130 e. The molecule has 0 aliphatic heterocycles. The van der Waals surface area contributed by atoms with Crippen molar-refractivity contribution in [3.8, 4) is 0 Å². The summed E-state index contributed by atoms with van der Waals surface area (Å²) in [6, 6.07) is 18.7. The fourth-order valence-electron chi connectivity index (χ4n) is 2.56. The van der Waals surface area contributed by atoms with Gasteiger partial charge in [0.05, 0.1) is 6.10 Å². The molecule has 106 valence electrons. The Bertz CT molecular complexity index is 780. The second-order valence-corrected chi connectivity index (χ2v) is 5.94. The summed E-state index contributed by atoms with van der Waals surface area (Å²) in [6.45, 7) is 0. The number of halogens is 2. The molecule has 0 radical (unpaired) electrons. The molecule has 0 saturated heterocycles. The molecule has 0 aromatic heterocycles. The third-order valence-corrected chi connectivity index (χ3v) is 4.11. The quantitative estimate of drug-likeness (QED) is 0.707. The summed E-state index contributed by atoms with van der Waals surface area (Å²) in [6.07, 6.45) is -0.469. The Morgan fingerprint density at radius 3 is 2.57 bits per heavy atom. The maximum atomic E-state index is 13.9. The van der Waals surface area contributed by atoms with Crippen LogP contribution in [0, 0.1) is 5.82 Å². The van der Waals surface area contributed by atoms with Gasteiger partial charge in [0.25, 0.3) is 0 Å². The molecule has 0 fully saturated rings. The number of aliphatic hydroxyl groups excluding tert-OH is 1. The van der Waals surface area contributed by atoms with Crippen LogP contribution in [-0.2, 0) is 6.42 Å². The van der Waals surface area contributed by atoms with E-state index in [1.165, 1.54) is 6.07 Å². The van der Waals surface area contributed by atoms with E-state index in [0.717, 1.165) is 16.3 Å². The maximum Gasteiger partial charge on any atom is 0.130 e. The van der Waals surface area contributed by atoms with Gasteiger partial charge in [-0.1, -0.05) is 64.5 Å². The fraction of sp³-hybridized carbons (Fsp3) is 0.111. The van der Waals surface area contributed by atoms with Crippen molar-refractivity contribution in [3.63, 3.8) is 0 Å². The van der Waals surface area contributed by atoms with E-state index >= 15 is 0 Å². The highest BCUT2D eigenvalue weighted by atomic mass is 79.9. The lowest BCUT2D eigenvalue weighted by atomic mass is 9.96. The molecule has 1 unspecified atom stereocenters. The monoisotopic (exact) mass is 344 g/mol. The molecule has 3 rings (SSSR count). The zero-order valence-corrected chi connectivity index (χ0v) is 12.8. The van der Waals surface area contributed by atoms with Crippen LogP contribution in [0.3, 0.4) is 0 Å². The van der Waals surface area contributed by atoms with Gasteiger partial charge in [0.1, 0.15) is 5.82 Å². The van der Waals surface area contributed by atoms with Crippen LogP contribution < -0.4 is 0 Å². The predicted molar refractivity (Wildman–Crippen MR) is 86.7 cm³/mol. The lowest BCUT2D eigenvalue weighted by Gasteiger charge is -2.14. The first-order valence-corrected chi connectivity index (χ1v) is 7.54. The Labute approximate surface area is 131 Å². The molecule has 21 heavy (non-hydrogen) atoms. The second-order valence-electron chi connectivity index (χ2n) is 5.02. The van der Waals surface area contributed by atoms with Gasteiger partial charge < -0.3 is 5.11 Å². The minimum absolute atomic E-state index is 0.325. The van der Waals surface area contributed by atoms with E-state index in [1.807, 2.05) is 42.5 Å². The highest BCUT2D eigenvalue weighted by Gasteiger charge is 2.15. The van der Waals surface area contributed by atoms with E-state index in [-0.39, 0.29) is 0 Å². The number of hydrogen-bond donors (Lipinski definition) is 1. The molecule has 1 N–H and O–H groups in total. The number of rotatable bonds is 3. The van der Waals surface area contributed by atoms with Crippen molar-refractivity contribution >= 4 is 26.7 Å². The molecule has 1 atom stereocenters. The minimum atomic E-state index is -0.857. The summed E-state index contributed by atoms with van der Waals surface area (Å²) >= 11 is 3.22. The van der Waals surface area contributed by atoms with Gasteiger partial charge in [0.15, 0.2) is 0 Å². The lowest BCUT2D eigenvalue weighted by Crippen LogP contribution is -2.04. The third kappa shape index (κ3) is 2.99. The SMILES string of the molecule is OC(Cc1cccc2ccccc12)c1ccc(Br)cc1F. The van der Waals surface area contributed by atoms with Crippen molar-refractivity contribution in [2.75, 3.05) is 0 Å². The minimum Gasteiger partial charge on any atom is -0.388 e. The second kappa shape index (κ2) is 5.96. The van der Waals surface area contributed by atoms with Crippen LogP contribution in [0.5, 0.6) is 0 Å². The molecule has 3 aromatic rings. The first-order valence-electron chi connectivity index (χ1n) is 6.75. The van der Waals surface area contributed by atoms with Gasteiger partial charge in [-0.25, -0.2) is 4.39 Å². The van der Waals surface area contributed by atoms with E-state index < -0.39 is 11.9 Å². The Balaban J connectivity index is 1.94. The van der Waals surface area contributed by atoms with Crippen LogP contribution in [0.25, 0.3) is 10.8 Å². The fourth-order valence-corrected chi connectivity index (χ4v) is 2.89. The van der Waals surface area contributed by atoms with Crippen molar-refractivity contribution in [1.29, 1.82) is 0 Å². The molecule has 0 amide bonds. The van der Waals surface area contributed by atoms with Gasteiger partial charge in [-0.2, -0.15) is 0 Å². The average molecular weight is 345 g/mol. The van der Waals surface area contributed by atoms with Crippen LogP contribution in [0.2, 0.25) is 0 Å². The van der Waals surface area contributed by atoms with Gasteiger partial charge in [0.2, 0.25) is 0 Å². The van der Waals surface area contributed by atoms with E-state index in [9.17, 15) is 9.50 Å². The van der Waals surface area contributed by atoms with E-state index in [4.69, 9.17) is 0 Å². The summed E-state index contributed by atoms with van der Waals surface area (Å²) in [5.74, 6) is -0.392. The highest BCUT2D eigenvalue weighted by molar-refractivity contribution is 9.10. The van der Waals surface area contributed by atoms with Crippen LogP contribution in [0.1, 0.15) is 17.2 Å². The largest absolute Gasteiger partial charge is 0.388 e. The summed E-state index contributed by atoms with van der Waals surface area (Å²) < 4.78 is 14.6. The van der Waals surface area contributed by atoms with E-state index in [2.05, 4.69) is 15.9 Å². The molecule has 0 spiro atoms. The third-order valence-electron chi connectivity index (χ3n) is 3.61. The summed E-state index contributed by atoms with van der Waals surface area (Å²) in [5, 5.41) is 12.6. The van der Waals surface area contributed by atoms with Crippen LogP contribution in [0.15, 0.2) is 65.1 Å². The summed E-state index contributed by atoms with van der Waals surface area (Å²) in [4.78, 5) is 0. The summed E-state index contributed by atoms with van der Waals surface area (Å²) in [5.41, 5.74) is 1.34. The van der Waals surface area contributed by atoms with Crippen molar-refractivity contribution in [1.82, 2.24) is 0 Å². The summed E-state index contributed by atoms with van der Waals surface area (Å²) in [7, 11) is 0. The topological polar surface area (TPSA) is 20.2 Å². The van der Waals surface area contributed by atoms with Crippen molar-refractivity contribution in [3.05, 3.63) is 82.1 Å². The highest BCUT2D eigenvalue weighted by Crippen LogP contribution is 2.27. The zero-order valence-electron chi connectivity index (χ0n) is 11.3. The molecule has 3 heteroatoms. The molecule has 0 saturated carbocycles. The first-order chi connectivity index (χ1) is 10.1. The molecular weight excluding hydrogens is 331 g/mol. The predicted octanol–water partition coefficient (Wildman–Crippen LogP) is 5.02. The van der Waals surface area contributed by atoms with Crippen molar-refractivity contribution in [2.24, 2.45) is 0 Å². The standard InChI is InChI=1S/C18H14BrFO/c19-14-8-9-16(17(20)11-14)18(21)10-13-6-3-5-12-4-1-2-7-15(12)13/h1-9,11,18,21H,10H2. The lowest BCUT2D eigenvalue weighted by molar-refractivity contribution is 0.174. The number of benzene rings is 3.